The molecule has 0 saturated heterocycles. The predicted octanol–water partition coefficient (Wildman–Crippen LogP) is 4.53. The van der Waals surface area contributed by atoms with Crippen molar-refractivity contribution >= 4 is 11.5 Å². The van der Waals surface area contributed by atoms with Crippen LogP contribution in [0.1, 0.15) is 0 Å². The summed E-state index contributed by atoms with van der Waals surface area (Å²) in [6.45, 7) is 0. The van der Waals surface area contributed by atoms with Gasteiger partial charge in [-0.05, 0) is 35.8 Å². The van der Waals surface area contributed by atoms with Crippen molar-refractivity contribution in [2.45, 2.75) is 0 Å². The van der Waals surface area contributed by atoms with E-state index in [0.29, 0.717) is 34.5 Å². The van der Waals surface area contributed by atoms with Gasteiger partial charge in [-0.1, -0.05) is 0 Å². The van der Waals surface area contributed by atoms with Crippen molar-refractivity contribution < 1.29 is 28.4 Å². The van der Waals surface area contributed by atoms with Crippen LogP contribution in [-0.2, 0) is 0 Å². The molecule has 0 unspecified atom stereocenters. The Kier molecular flexibility index (Phi) is 6.33. The van der Waals surface area contributed by atoms with E-state index in [0.717, 1.165) is 21.7 Å². The van der Waals surface area contributed by atoms with Crippen molar-refractivity contribution in [2.75, 3.05) is 42.7 Å². The minimum atomic E-state index is 0.536. The molecule has 7 nitrogen and oxygen atoms in total. The highest BCUT2D eigenvalue weighted by molar-refractivity contribution is 7.09. The first kappa shape index (κ1) is 20.6. The number of benzene rings is 2. The maximum atomic E-state index is 5.58. The van der Waals surface area contributed by atoms with Gasteiger partial charge in [0.2, 0.25) is 5.75 Å². The largest absolute Gasteiger partial charge is 0.497 e. The SMILES string of the molecule is COc1cc(OC)c(OC)c(-c2cc(-c3cc(OC)c(OC)c(OC)c3)ns2)c1. The van der Waals surface area contributed by atoms with E-state index in [1.165, 1.54) is 11.5 Å². The van der Waals surface area contributed by atoms with Crippen molar-refractivity contribution in [2.24, 2.45) is 0 Å². The average Bonchev–Trinajstić information content (AvgIpc) is 3.26. The molecule has 0 N–H and O–H groups in total. The molecule has 1 heterocycles. The Labute approximate surface area is 173 Å². The first-order valence-electron chi connectivity index (χ1n) is 8.67. The van der Waals surface area contributed by atoms with Gasteiger partial charge in [-0.2, -0.15) is 4.37 Å². The third-order valence-electron chi connectivity index (χ3n) is 4.42. The van der Waals surface area contributed by atoms with Crippen LogP contribution in [0.2, 0.25) is 0 Å². The Morgan fingerprint density at radius 1 is 0.621 bits per heavy atom. The number of aromatic nitrogens is 1. The molecule has 0 bridgehead atoms. The van der Waals surface area contributed by atoms with Crippen LogP contribution in [0.25, 0.3) is 21.7 Å². The maximum Gasteiger partial charge on any atom is 0.203 e. The van der Waals surface area contributed by atoms with Crippen molar-refractivity contribution in [3.8, 4) is 56.2 Å². The second-order valence-corrected chi connectivity index (χ2v) is 6.71. The Morgan fingerprint density at radius 2 is 1.21 bits per heavy atom. The van der Waals surface area contributed by atoms with E-state index < -0.39 is 0 Å². The molecule has 0 aliphatic heterocycles. The topological polar surface area (TPSA) is 68.3 Å². The zero-order chi connectivity index (χ0) is 21.0. The van der Waals surface area contributed by atoms with Gasteiger partial charge in [0.1, 0.15) is 5.75 Å². The summed E-state index contributed by atoms with van der Waals surface area (Å²) in [6.07, 6.45) is 0. The summed E-state index contributed by atoms with van der Waals surface area (Å²) in [7, 11) is 9.55. The molecule has 0 aliphatic rings. The van der Waals surface area contributed by atoms with Gasteiger partial charge in [-0.15, -0.1) is 0 Å². The standard InChI is InChI=1S/C21H23NO6S/c1-23-13-9-14(20(27-5)18(10-13)26-4)19-11-15(22-29-19)12-7-16(24-2)21(28-6)17(8-12)25-3/h7-11H,1-6H3. The van der Waals surface area contributed by atoms with E-state index in [9.17, 15) is 0 Å². The van der Waals surface area contributed by atoms with Gasteiger partial charge in [-0.25, -0.2) is 0 Å². The molecule has 0 amide bonds. The molecule has 2 aromatic carbocycles. The highest BCUT2D eigenvalue weighted by Gasteiger charge is 2.19. The van der Waals surface area contributed by atoms with Crippen LogP contribution >= 0.6 is 11.5 Å². The molecule has 1 aromatic heterocycles. The molecule has 29 heavy (non-hydrogen) atoms. The van der Waals surface area contributed by atoms with Crippen LogP contribution in [0.4, 0.5) is 0 Å². The van der Waals surface area contributed by atoms with Gasteiger partial charge in [0.15, 0.2) is 23.0 Å². The van der Waals surface area contributed by atoms with Crippen molar-refractivity contribution in [3.05, 3.63) is 30.3 Å². The van der Waals surface area contributed by atoms with Crippen LogP contribution in [0, 0.1) is 0 Å². The second-order valence-electron chi connectivity index (χ2n) is 5.90. The van der Waals surface area contributed by atoms with Crippen LogP contribution in [0.15, 0.2) is 30.3 Å². The summed E-state index contributed by atoms with van der Waals surface area (Å²) >= 11 is 1.35. The quantitative estimate of drug-likeness (QED) is 0.533. The first-order chi connectivity index (χ1) is 14.1. The van der Waals surface area contributed by atoms with Crippen LogP contribution in [0.3, 0.4) is 0 Å². The molecule has 0 radical (unpaired) electrons. The number of rotatable bonds is 8. The summed E-state index contributed by atoms with van der Waals surface area (Å²) in [5.74, 6) is 3.54. The minimum absolute atomic E-state index is 0.536. The Balaban J connectivity index is 2.11. The fourth-order valence-corrected chi connectivity index (χ4v) is 3.78. The smallest absolute Gasteiger partial charge is 0.203 e. The van der Waals surface area contributed by atoms with Crippen LogP contribution < -0.4 is 28.4 Å². The summed E-state index contributed by atoms with van der Waals surface area (Å²) in [5, 5.41) is 0. The summed E-state index contributed by atoms with van der Waals surface area (Å²) < 4.78 is 37.3. The van der Waals surface area contributed by atoms with Crippen LogP contribution in [0.5, 0.6) is 34.5 Å². The molecule has 0 saturated carbocycles. The van der Waals surface area contributed by atoms with Crippen molar-refractivity contribution in [1.82, 2.24) is 4.37 Å². The van der Waals surface area contributed by atoms with Gasteiger partial charge in [0.25, 0.3) is 0 Å². The monoisotopic (exact) mass is 417 g/mol. The Hall–Kier alpha value is -3.13. The van der Waals surface area contributed by atoms with E-state index >= 15 is 0 Å². The molecule has 154 valence electrons. The summed E-state index contributed by atoms with van der Waals surface area (Å²) in [5.41, 5.74) is 2.45. The number of methoxy groups -OCH3 is 6. The molecule has 3 aromatic rings. The molecule has 8 heteroatoms. The van der Waals surface area contributed by atoms with E-state index in [4.69, 9.17) is 28.4 Å². The van der Waals surface area contributed by atoms with Gasteiger partial charge in [0, 0.05) is 17.2 Å². The molecular weight excluding hydrogens is 394 g/mol. The molecule has 0 spiro atoms. The highest BCUT2D eigenvalue weighted by atomic mass is 32.1. The van der Waals surface area contributed by atoms with Crippen molar-refractivity contribution in [3.63, 3.8) is 0 Å². The lowest BCUT2D eigenvalue weighted by atomic mass is 10.1. The van der Waals surface area contributed by atoms with Gasteiger partial charge in [0.05, 0.1) is 53.2 Å². The second kappa shape index (κ2) is 8.91. The van der Waals surface area contributed by atoms with E-state index in [1.54, 1.807) is 48.7 Å². The fourth-order valence-electron chi connectivity index (χ4n) is 3.01. The Morgan fingerprint density at radius 3 is 1.72 bits per heavy atom. The first-order valence-corrected chi connectivity index (χ1v) is 9.44. The molecule has 3 rings (SSSR count). The fraction of sp³-hybridized carbons (Fsp3) is 0.286. The van der Waals surface area contributed by atoms with E-state index in [-0.39, 0.29) is 0 Å². The molecular formula is C21H23NO6S. The number of hydrogen-bond acceptors (Lipinski definition) is 8. The van der Waals surface area contributed by atoms with Crippen LogP contribution in [-0.4, -0.2) is 47.0 Å². The van der Waals surface area contributed by atoms with Gasteiger partial charge in [-0.3, -0.25) is 0 Å². The summed E-state index contributed by atoms with van der Waals surface area (Å²) in [4.78, 5) is 0.905. The Bertz CT molecular complexity index is 976. The lowest BCUT2D eigenvalue weighted by molar-refractivity contribution is 0.324. The highest BCUT2D eigenvalue weighted by Crippen LogP contribution is 2.45. The normalized spacial score (nSPS) is 10.4. The zero-order valence-electron chi connectivity index (χ0n) is 17.2. The van der Waals surface area contributed by atoms with E-state index in [1.807, 2.05) is 24.3 Å². The third kappa shape index (κ3) is 3.88. The summed E-state index contributed by atoms with van der Waals surface area (Å²) in [6, 6.07) is 9.38. The average molecular weight is 417 g/mol. The van der Waals surface area contributed by atoms with E-state index in [2.05, 4.69) is 4.37 Å². The molecule has 0 fully saturated rings. The lowest BCUT2D eigenvalue weighted by Gasteiger charge is -2.14. The maximum absolute atomic E-state index is 5.58. The van der Waals surface area contributed by atoms with Crippen molar-refractivity contribution in [1.29, 1.82) is 0 Å². The third-order valence-corrected chi connectivity index (χ3v) is 5.25. The number of hydrogen-bond donors (Lipinski definition) is 0. The van der Waals surface area contributed by atoms with Gasteiger partial charge < -0.3 is 28.4 Å². The minimum Gasteiger partial charge on any atom is -0.497 e. The lowest BCUT2D eigenvalue weighted by Crippen LogP contribution is -1.95. The van der Waals surface area contributed by atoms with Gasteiger partial charge >= 0.3 is 0 Å². The molecule has 0 aliphatic carbocycles. The zero-order valence-corrected chi connectivity index (χ0v) is 18.0. The molecule has 0 atom stereocenters. The number of ether oxygens (including phenoxy) is 6. The number of nitrogens with zero attached hydrogens (tertiary/aromatic N) is 1. The predicted molar refractivity (Wildman–Crippen MR) is 112 cm³/mol.